The van der Waals surface area contributed by atoms with E-state index in [2.05, 4.69) is 0 Å². The van der Waals surface area contributed by atoms with Crippen LogP contribution >= 0.6 is 11.6 Å². The molecular weight excluding hydrogens is 386 g/mol. The summed E-state index contributed by atoms with van der Waals surface area (Å²) in [5.41, 5.74) is 3.21. The molecule has 2 aliphatic rings. The Hall–Kier alpha value is -2.20. The highest BCUT2D eigenvalue weighted by molar-refractivity contribution is 6.31. The first-order valence-electron chi connectivity index (χ1n) is 10.4. The van der Waals surface area contributed by atoms with E-state index in [4.69, 9.17) is 21.1 Å². The molecule has 2 aromatic carbocycles. The molecule has 1 amide bonds. The third-order valence-electron chi connectivity index (χ3n) is 6.33. The Kier molecular flexibility index (Phi) is 6.00. The SMILES string of the molecule is COc1cc2c(cc1OC)C(c1ccccc1Cl)N(C(=O)CC1CCCC1)CC2. The Morgan fingerprint density at radius 3 is 2.45 bits per heavy atom. The summed E-state index contributed by atoms with van der Waals surface area (Å²) >= 11 is 6.60. The zero-order chi connectivity index (χ0) is 20.4. The molecule has 1 saturated carbocycles. The maximum atomic E-state index is 13.4. The third kappa shape index (κ3) is 3.95. The number of rotatable bonds is 5. The molecule has 1 atom stereocenters. The van der Waals surface area contributed by atoms with Gasteiger partial charge in [-0.2, -0.15) is 0 Å². The highest BCUT2D eigenvalue weighted by Crippen LogP contribution is 2.43. The van der Waals surface area contributed by atoms with Gasteiger partial charge in [-0.1, -0.05) is 42.6 Å². The van der Waals surface area contributed by atoms with Crippen molar-refractivity contribution in [3.05, 3.63) is 58.1 Å². The molecule has 5 heteroatoms. The number of nitrogens with zero attached hydrogens (tertiary/aromatic N) is 1. The van der Waals surface area contributed by atoms with Crippen LogP contribution in [-0.4, -0.2) is 31.6 Å². The molecule has 2 aromatic rings. The molecule has 0 spiro atoms. The van der Waals surface area contributed by atoms with E-state index in [-0.39, 0.29) is 11.9 Å². The lowest BCUT2D eigenvalue weighted by molar-refractivity contribution is -0.134. The van der Waals surface area contributed by atoms with Crippen molar-refractivity contribution in [2.45, 2.75) is 44.6 Å². The summed E-state index contributed by atoms with van der Waals surface area (Å²) in [7, 11) is 3.29. The van der Waals surface area contributed by atoms with Gasteiger partial charge >= 0.3 is 0 Å². The van der Waals surface area contributed by atoms with Crippen LogP contribution in [-0.2, 0) is 11.2 Å². The molecule has 4 nitrogen and oxygen atoms in total. The number of hydrogen-bond donors (Lipinski definition) is 0. The molecule has 1 aliphatic carbocycles. The molecular formula is C24H28ClNO3. The van der Waals surface area contributed by atoms with E-state index in [1.165, 1.54) is 18.4 Å². The molecule has 1 aliphatic heterocycles. The quantitative estimate of drug-likeness (QED) is 0.657. The van der Waals surface area contributed by atoms with Crippen molar-refractivity contribution in [3.63, 3.8) is 0 Å². The Morgan fingerprint density at radius 2 is 1.76 bits per heavy atom. The molecule has 4 rings (SSSR count). The van der Waals surface area contributed by atoms with Gasteiger partial charge in [-0.15, -0.1) is 0 Å². The number of halogens is 1. The fourth-order valence-corrected chi connectivity index (χ4v) is 5.06. The van der Waals surface area contributed by atoms with Gasteiger partial charge in [-0.05, 0) is 60.1 Å². The van der Waals surface area contributed by atoms with Gasteiger partial charge < -0.3 is 14.4 Å². The zero-order valence-electron chi connectivity index (χ0n) is 17.1. The van der Waals surface area contributed by atoms with Crippen LogP contribution in [0.2, 0.25) is 5.02 Å². The molecule has 0 saturated heterocycles. The second kappa shape index (κ2) is 8.66. The molecule has 1 fully saturated rings. The molecule has 1 heterocycles. The van der Waals surface area contributed by atoms with Crippen molar-refractivity contribution < 1.29 is 14.3 Å². The van der Waals surface area contributed by atoms with E-state index in [0.29, 0.717) is 29.7 Å². The van der Waals surface area contributed by atoms with E-state index in [0.717, 1.165) is 36.1 Å². The van der Waals surface area contributed by atoms with Crippen LogP contribution in [0.5, 0.6) is 11.5 Å². The number of hydrogen-bond acceptors (Lipinski definition) is 3. The van der Waals surface area contributed by atoms with Crippen LogP contribution in [0.3, 0.4) is 0 Å². The fourth-order valence-electron chi connectivity index (χ4n) is 4.83. The first kappa shape index (κ1) is 20.1. The van der Waals surface area contributed by atoms with Crippen molar-refractivity contribution >= 4 is 17.5 Å². The van der Waals surface area contributed by atoms with E-state index in [1.54, 1.807) is 14.2 Å². The minimum absolute atomic E-state index is 0.207. The number of ether oxygens (including phenoxy) is 2. The summed E-state index contributed by atoms with van der Waals surface area (Å²) in [6, 6.07) is 11.7. The van der Waals surface area contributed by atoms with E-state index < -0.39 is 0 Å². The predicted octanol–water partition coefficient (Wildman–Crippen LogP) is 5.41. The van der Waals surface area contributed by atoms with Gasteiger partial charge in [0, 0.05) is 18.0 Å². The van der Waals surface area contributed by atoms with Gasteiger partial charge in [-0.3, -0.25) is 4.79 Å². The van der Waals surface area contributed by atoms with Gasteiger partial charge in [0.05, 0.1) is 20.3 Å². The normalized spacial score (nSPS) is 19.1. The summed E-state index contributed by atoms with van der Waals surface area (Å²) in [6.45, 7) is 0.684. The van der Waals surface area contributed by atoms with Gasteiger partial charge in [-0.25, -0.2) is 0 Å². The smallest absolute Gasteiger partial charge is 0.223 e. The monoisotopic (exact) mass is 413 g/mol. The van der Waals surface area contributed by atoms with Crippen LogP contribution in [0, 0.1) is 5.92 Å². The fraction of sp³-hybridized carbons (Fsp3) is 0.458. The van der Waals surface area contributed by atoms with E-state index >= 15 is 0 Å². The first-order chi connectivity index (χ1) is 14.1. The maximum absolute atomic E-state index is 13.4. The lowest BCUT2D eigenvalue weighted by Crippen LogP contribution is -2.41. The molecule has 0 aromatic heterocycles. The number of methoxy groups -OCH3 is 2. The minimum Gasteiger partial charge on any atom is -0.493 e. The number of benzene rings is 2. The number of carbonyl (C=O) groups excluding carboxylic acids is 1. The van der Waals surface area contributed by atoms with Crippen molar-refractivity contribution in [3.8, 4) is 11.5 Å². The van der Waals surface area contributed by atoms with Gasteiger partial charge in [0.2, 0.25) is 5.91 Å². The molecule has 1 unspecified atom stereocenters. The van der Waals surface area contributed by atoms with E-state index in [9.17, 15) is 4.79 Å². The summed E-state index contributed by atoms with van der Waals surface area (Å²) < 4.78 is 11.1. The molecule has 0 radical (unpaired) electrons. The van der Waals surface area contributed by atoms with Crippen LogP contribution in [0.1, 0.15) is 54.8 Å². The summed E-state index contributed by atoms with van der Waals surface area (Å²) in [5.74, 6) is 2.13. The minimum atomic E-state index is -0.207. The Labute approximate surface area is 177 Å². The Balaban J connectivity index is 1.77. The van der Waals surface area contributed by atoms with Crippen molar-refractivity contribution in [1.29, 1.82) is 0 Å². The van der Waals surface area contributed by atoms with E-state index in [1.807, 2.05) is 41.3 Å². The first-order valence-corrected chi connectivity index (χ1v) is 10.8. The molecule has 0 N–H and O–H groups in total. The highest BCUT2D eigenvalue weighted by atomic mass is 35.5. The maximum Gasteiger partial charge on any atom is 0.223 e. The predicted molar refractivity (Wildman–Crippen MR) is 115 cm³/mol. The van der Waals surface area contributed by atoms with Crippen LogP contribution in [0.15, 0.2) is 36.4 Å². The van der Waals surface area contributed by atoms with Crippen molar-refractivity contribution in [1.82, 2.24) is 4.90 Å². The summed E-state index contributed by atoms with van der Waals surface area (Å²) in [4.78, 5) is 15.4. The zero-order valence-corrected chi connectivity index (χ0v) is 17.9. The topological polar surface area (TPSA) is 38.8 Å². The lowest BCUT2D eigenvalue weighted by atomic mass is 9.87. The Morgan fingerprint density at radius 1 is 1.07 bits per heavy atom. The van der Waals surface area contributed by atoms with Crippen molar-refractivity contribution in [2.24, 2.45) is 5.92 Å². The van der Waals surface area contributed by atoms with Gasteiger partial charge in [0.15, 0.2) is 11.5 Å². The largest absolute Gasteiger partial charge is 0.493 e. The number of amides is 1. The van der Waals surface area contributed by atoms with Crippen LogP contribution in [0.4, 0.5) is 0 Å². The van der Waals surface area contributed by atoms with Crippen LogP contribution in [0.25, 0.3) is 0 Å². The molecule has 0 bridgehead atoms. The molecule has 29 heavy (non-hydrogen) atoms. The average molecular weight is 414 g/mol. The standard InChI is InChI=1S/C24H28ClNO3/c1-28-21-14-17-11-12-26(23(27)13-16-7-3-4-8-16)24(19(17)15-22(21)29-2)18-9-5-6-10-20(18)25/h5-6,9-10,14-16,24H,3-4,7-8,11-13H2,1-2H3. The summed E-state index contributed by atoms with van der Waals surface area (Å²) in [6.07, 6.45) is 6.24. The second-order valence-electron chi connectivity index (χ2n) is 8.02. The van der Waals surface area contributed by atoms with Gasteiger partial charge in [0.1, 0.15) is 0 Å². The number of carbonyl (C=O) groups is 1. The van der Waals surface area contributed by atoms with Gasteiger partial charge in [0.25, 0.3) is 0 Å². The lowest BCUT2D eigenvalue weighted by Gasteiger charge is -2.39. The second-order valence-corrected chi connectivity index (χ2v) is 8.43. The van der Waals surface area contributed by atoms with Crippen LogP contribution < -0.4 is 9.47 Å². The average Bonchev–Trinajstić information content (AvgIpc) is 3.25. The number of fused-ring (bicyclic) bond motifs is 1. The Bertz CT molecular complexity index is 892. The summed E-state index contributed by atoms with van der Waals surface area (Å²) in [5, 5.41) is 0.679. The van der Waals surface area contributed by atoms with Crippen molar-refractivity contribution in [2.75, 3.05) is 20.8 Å². The molecule has 154 valence electrons. The highest BCUT2D eigenvalue weighted by Gasteiger charge is 2.35. The third-order valence-corrected chi connectivity index (χ3v) is 6.68.